The fraction of sp³-hybridized carbons (Fsp3) is 1.00. The summed E-state index contributed by atoms with van der Waals surface area (Å²) >= 11 is 0. The predicted molar refractivity (Wildman–Crippen MR) is 74.0 cm³/mol. The first kappa shape index (κ1) is 15.0. The SMILES string of the molecule is CCCC1(CCC)NC(C(C)C)C(C)(C)CO1. The highest BCUT2D eigenvalue weighted by Gasteiger charge is 2.44. The van der Waals surface area contributed by atoms with Crippen LogP contribution in [0.25, 0.3) is 0 Å². The van der Waals surface area contributed by atoms with Crippen LogP contribution >= 0.6 is 0 Å². The van der Waals surface area contributed by atoms with Crippen LogP contribution in [0.1, 0.15) is 67.2 Å². The molecule has 1 aliphatic heterocycles. The number of nitrogens with one attached hydrogen (secondary N) is 1. The molecular weight excluding hydrogens is 210 g/mol. The lowest BCUT2D eigenvalue weighted by atomic mass is 9.76. The van der Waals surface area contributed by atoms with Gasteiger partial charge in [0.05, 0.1) is 6.61 Å². The van der Waals surface area contributed by atoms with Gasteiger partial charge < -0.3 is 4.74 Å². The molecule has 1 N–H and O–H groups in total. The smallest absolute Gasteiger partial charge is 0.119 e. The molecule has 0 aromatic heterocycles. The fourth-order valence-corrected chi connectivity index (χ4v) is 3.22. The summed E-state index contributed by atoms with van der Waals surface area (Å²) in [6.45, 7) is 14.6. The molecule has 2 nitrogen and oxygen atoms in total. The van der Waals surface area contributed by atoms with Crippen molar-refractivity contribution in [2.45, 2.75) is 79.0 Å². The van der Waals surface area contributed by atoms with E-state index in [1.807, 2.05) is 0 Å². The zero-order valence-electron chi connectivity index (χ0n) is 12.6. The summed E-state index contributed by atoms with van der Waals surface area (Å²) in [7, 11) is 0. The third-order valence-corrected chi connectivity index (χ3v) is 3.96. The van der Waals surface area contributed by atoms with E-state index in [1.165, 1.54) is 12.8 Å². The lowest BCUT2D eigenvalue weighted by molar-refractivity contribution is -0.172. The minimum atomic E-state index is -0.0616. The van der Waals surface area contributed by atoms with E-state index in [0.717, 1.165) is 19.4 Å². The first-order valence-electron chi connectivity index (χ1n) is 7.28. The van der Waals surface area contributed by atoms with Gasteiger partial charge in [0.2, 0.25) is 0 Å². The molecule has 1 unspecified atom stereocenters. The molecule has 1 heterocycles. The van der Waals surface area contributed by atoms with Crippen LogP contribution in [-0.4, -0.2) is 18.4 Å². The summed E-state index contributed by atoms with van der Waals surface area (Å²) < 4.78 is 6.23. The topological polar surface area (TPSA) is 21.3 Å². The zero-order chi connectivity index (χ0) is 13.1. The van der Waals surface area contributed by atoms with Gasteiger partial charge in [-0.1, -0.05) is 54.4 Å². The Morgan fingerprint density at radius 3 is 2.12 bits per heavy atom. The summed E-state index contributed by atoms with van der Waals surface area (Å²) in [5.41, 5.74) is 0.174. The molecule has 0 spiro atoms. The molecule has 0 aromatic rings. The van der Waals surface area contributed by atoms with Gasteiger partial charge in [0.15, 0.2) is 0 Å². The first-order valence-corrected chi connectivity index (χ1v) is 7.28. The van der Waals surface area contributed by atoms with Crippen LogP contribution in [0, 0.1) is 11.3 Å². The van der Waals surface area contributed by atoms with Crippen molar-refractivity contribution in [3.8, 4) is 0 Å². The molecule has 0 radical (unpaired) electrons. The number of hydrogen-bond donors (Lipinski definition) is 1. The van der Waals surface area contributed by atoms with Gasteiger partial charge >= 0.3 is 0 Å². The predicted octanol–water partition coefficient (Wildman–Crippen LogP) is 3.95. The summed E-state index contributed by atoms with van der Waals surface area (Å²) in [5.74, 6) is 0.655. The van der Waals surface area contributed by atoms with E-state index >= 15 is 0 Å². The Morgan fingerprint density at radius 2 is 1.71 bits per heavy atom. The van der Waals surface area contributed by atoms with Gasteiger partial charge in [-0.05, 0) is 18.8 Å². The monoisotopic (exact) mass is 241 g/mol. The van der Waals surface area contributed by atoms with Crippen molar-refractivity contribution in [2.75, 3.05) is 6.61 Å². The maximum Gasteiger partial charge on any atom is 0.119 e. The van der Waals surface area contributed by atoms with Crippen LogP contribution in [0.3, 0.4) is 0 Å². The van der Waals surface area contributed by atoms with Gasteiger partial charge in [-0.3, -0.25) is 5.32 Å². The normalized spacial score (nSPS) is 27.4. The second-order valence-electron chi connectivity index (χ2n) is 6.64. The Labute approximate surface area is 108 Å². The van der Waals surface area contributed by atoms with Crippen LogP contribution < -0.4 is 5.32 Å². The molecule has 1 saturated heterocycles. The molecular formula is C15H31NO. The molecule has 0 saturated carbocycles. The summed E-state index contributed by atoms with van der Waals surface area (Å²) in [5, 5.41) is 3.84. The van der Waals surface area contributed by atoms with E-state index in [-0.39, 0.29) is 11.1 Å². The standard InChI is InChI=1S/C15H31NO/c1-7-9-15(10-8-2)16-13(12(3)4)14(5,6)11-17-15/h12-13,16H,7-11H2,1-6H3. The van der Waals surface area contributed by atoms with Gasteiger partial charge in [0.1, 0.15) is 5.72 Å². The fourth-order valence-electron chi connectivity index (χ4n) is 3.22. The quantitative estimate of drug-likeness (QED) is 0.787. The number of rotatable bonds is 5. The molecule has 1 atom stereocenters. The third-order valence-electron chi connectivity index (χ3n) is 3.96. The molecule has 0 bridgehead atoms. The van der Waals surface area contributed by atoms with Crippen LogP contribution in [-0.2, 0) is 4.74 Å². The largest absolute Gasteiger partial charge is 0.360 e. The molecule has 2 heteroatoms. The Morgan fingerprint density at radius 1 is 1.18 bits per heavy atom. The van der Waals surface area contributed by atoms with E-state index in [0.29, 0.717) is 12.0 Å². The summed E-state index contributed by atoms with van der Waals surface area (Å²) in [6, 6.07) is 0.550. The highest BCUT2D eigenvalue weighted by molar-refractivity contribution is 4.96. The van der Waals surface area contributed by atoms with Crippen molar-refractivity contribution < 1.29 is 4.74 Å². The summed E-state index contributed by atoms with van der Waals surface area (Å²) in [4.78, 5) is 0. The lowest BCUT2D eigenvalue weighted by Gasteiger charge is -2.51. The van der Waals surface area contributed by atoms with E-state index < -0.39 is 0 Å². The van der Waals surface area contributed by atoms with Gasteiger partial charge in [0, 0.05) is 11.5 Å². The highest BCUT2D eigenvalue weighted by Crippen LogP contribution is 2.37. The Bertz CT molecular complexity index is 229. The second-order valence-corrected chi connectivity index (χ2v) is 6.64. The van der Waals surface area contributed by atoms with E-state index in [1.54, 1.807) is 0 Å². The molecule has 1 rings (SSSR count). The Kier molecular flexibility index (Phi) is 5.03. The first-order chi connectivity index (χ1) is 7.87. The van der Waals surface area contributed by atoms with Crippen molar-refractivity contribution in [1.82, 2.24) is 5.32 Å². The Hall–Kier alpha value is -0.0800. The zero-order valence-corrected chi connectivity index (χ0v) is 12.6. The molecule has 17 heavy (non-hydrogen) atoms. The van der Waals surface area contributed by atoms with Crippen LogP contribution in [0.15, 0.2) is 0 Å². The van der Waals surface area contributed by atoms with Crippen molar-refractivity contribution in [2.24, 2.45) is 11.3 Å². The second kappa shape index (κ2) is 5.71. The average molecular weight is 241 g/mol. The number of hydrogen-bond acceptors (Lipinski definition) is 2. The maximum atomic E-state index is 6.23. The van der Waals surface area contributed by atoms with Crippen LogP contribution in [0.4, 0.5) is 0 Å². The lowest BCUT2D eigenvalue weighted by Crippen LogP contribution is -2.64. The van der Waals surface area contributed by atoms with Crippen LogP contribution in [0.5, 0.6) is 0 Å². The molecule has 0 aliphatic carbocycles. The third kappa shape index (κ3) is 3.45. The molecule has 1 fully saturated rings. The van der Waals surface area contributed by atoms with Gasteiger partial charge in [-0.25, -0.2) is 0 Å². The number of ether oxygens (including phenoxy) is 1. The minimum absolute atomic E-state index is 0.0616. The van der Waals surface area contributed by atoms with Crippen LogP contribution in [0.2, 0.25) is 0 Å². The maximum absolute atomic E-state index is 6.23. The Balaban J connectivity index is 2.83. The summed E-state index contributed by atoms with van der Waals surface area (Å²) in [6.07, 6.45) is 4.61. The molecule has 0 amide bonds. The van der Waals surface area contributed by atoms with E-state index in [2.05, 4.69) is 46.9 Å². The highest BCUT2D eigenvalue weighted by atomic mass is 16.5. The van der Waals surface area contributed by atoms with Crippen molar-refractivity contribution in [3.63, 3.8) is 0 Å². The van der Waals surface area contributed by atoms with E-state index in [9.17, 15) is 0 Å². The van der Waals surface area contributed by atoms with E-state index in [4.69, 9.17) is 4.74 Å². The molecule has 0 aromatic carbocycles. The average Bonchev–Trinajstić information content (AvgIpc) is 2.22. The molecule has 102 valence electrons. The van der Waals surface area contributed by atoms with Crippen molar-refractivity contribution in [3.05, 3.63) is 0 Å². The van der Waals surface area contributed by atoms with Crippen molar-refractivity contribution in [1.29, 1.82) is 0 Å². The van der Waals surface area contributed by atoms with Crippen molar-refractivity contribution >= 4 is 0 Å². The van der Waals surface area contributed by atoms with Gasteiger partial charge in [-0.15, -0.1) is 0 Å². The minimum Gasteiger partial charge on any atom is -0.360 e. The molecule has 1 aliphatic rings. The van der Waals surface area contributed by atoms with Gasteiger partial charge in [0.25, 0.3) is 0 Å². The van der Waals surface area contributed by atoms with Gasteiger partial charge in [-0.2, -0.15) is 0 Å².